The highest BCUT2D eigenvalue weighted by Crippen LogP contribution is 1.89. The second kappa shape index (κ2) is 8.71. The first-order chi connectivity index (χ1) is 6.55. The zero-order valence-electron chi connectivity index (χ0n) is 9.07. The molecule has 0 aromatic carbocycles. The van der Waals surface area contributed by atoms with Gasteiger partial charge in [-0.2, -0.15) is 0 Å². The summed E-state index contributed by atoms with van der Waals surface area (Å²) < 4.78 is 24.0. The van der Waals surface area contributed by atoms with E-state index in [4.69, 9.17) is 0 Å². The summed E-state index contributed by atoms with van der Waals surface area (Å²) in [6.45, 7) is 7.40. The van der Waals surface area contributed by atoms with Gasteiger partial charge in [0.25, 0.3) is 0 Å². The first-order valence-corrected chi connectivity index (χ1v) is 5.84. The first kappa shape index (κ1) is 15.6. The lowest BCUT2D eigenvalue weighted by Gasteiger charge is -2.00. The van der Waals surface area contributed by atoms with Crippen LogP contribution in [-0.4, -0.2) is 34.0 Å². The minimum absolute atomic E-state index is 0.221. The van der Waals surface area contributed by atoms with E-state index in [1.807, 2.05) is 13.8 Å². The van der Waals surface area contributed by atoms with Crippen molar-refractivity contribution in [2.75, 3.05) is 19.9 Å². The Kier molecular flexibility index (Phi) is 9.69. The van der Waals surface area contributed by atoms with Crippen molar-refractivity contribution < 1.29 is 13.3 Å². The maximum atomic E-state index is 10.9. The molecule has 0 radical (unpaired) electrons. The van der Waals surface area contributed by atoms with E-state index in [0.717, 1.165) is 0 Å². The van der Waals surface area contributed by atoms with Crippen LogP contribution >= 0.6 is 0 Å². The summed E-state index contributed by atoms with van der Waals surface area (Å²) in [5.41, 5.74) is 0.270. The third-order valence-corrected chi connectivity index (χ3v) is 2.39. The zero-order valence-corrected chi connectivity index (χ0v) is 9.89. The molecule has 0 heterocycles. The standard InChI is InChI=1S/C6H12N2O3S.C2H6/c1-4-6(8-11-3)5-12(9,10)7-2;1-2/h4,7H,1,5H2,2-3H3;1-2H3/b8-6+;. The Hall–Kier alpha value is -0.880. The molecule has 0 saturated heterocycles. The topological polar surface area (TPSA) is 67.8 Å². The fourth-order valence-electron chi connectivity index (χ4n) is 0.507. The number of nitrogens with one attached hydrogen (secondary N) is 1. The van der Waals surface area contributed by atoms with Crippen LogP contribution in [0.5, 0.6) is 0 Å². The number of rotatable bonds is 5. The van der Waals surface area contributed by atoms with E-state index < -0.39 is 10.0 Å². The average molecular weight is 222 g/mol. The van der Waals surface area contributed by atoms with Crippen molar-refractivity contribution in [1.82, 2.24) is 4.72 Å². The van der Waals surface area contributed by atoms with Gasteiger partial charge in [0.05, 0.1) is 5.71 Å². The van der Waals surface area contributed by atoms with Gasteiger partial charge in [0.2, 0.25) is 10.0 Å². The van der Waals surface area contributed by atoms with Crippen molar-refractivity contribution in [3.8, 4) is 0 Å². The van der Waals surface area contributed by atoms with Crippen LogP contribution in [-0.2, 0) is 14.9 Å². The van der Waals surface area contributed by atoms with Crippen molar-refractivity contribution >= 4 is 15.7 Å². The van der Waals surface area contributed by atoms with E-state index in [1.165, 1.54) is 20.2 Å². The fourth-order valence-corrected chi connectivity index (χ4v) is 1.21. The van der Waals surface area contributed by atoms with E-state index in [2.05, 4.69) is 21.3 Å². The van der Waals surface area contributed by atoms with Crippen LogP contribution in [0.2, 0.25) is 0 Å². The lowest BCUT2D eigenvalue weighted by Crippen LogP contribution is -2.26. The highest BCUT2D eigenvalue weighted by Gasteiger charge is 2.09. The molecule has 0 aliphatic rings. The third kappa shape index (κ3) is 7.75. The van der Waals surface area contributed by atoms with E-state index in [0.29, 0.717) is 0 Å². The molecule has 0 bridgehead atoms. The molecule has 0 fully saturated rings. The van der Waals surface area contributed by atoms with Crippen molar-refractivity contribution in [3.63, 3.8) is 0 Å². The molecule has 0 saturated carbocycles. The summed E-state index contributed by atoms with van der Waals surface area (Å²) in [7, 11) is -0.606. The van der Waals surface area contributed by atoms with Gasteiger partial charge in [-0.05, 0) is 13.1 Å². The van der Waals surface area contributed by atoms with E-state index >= 15 is 0 Å². The lowest BCUT2D eigenvalue weighted by molar-refractivity contribution is 0.213. The molecular weight excluding hydrogens is 204 g/mol. The monoisotopic (exact) mass is 222 g/mol. The van der Waals surface area contributed by atoms with Gasteiger partial charge >= 0.3 is 0 Å². The Morgan fingerprint density at radius 2 is 2.07 bits per heavy atom. The number of sulfonamides is 1. The van der Waals surface area contributed by atoms with Crippen molar-refractivity contribution in [2.45, 2.75) is 13.8 Å². The number of allylic oxidation sites excluding steroid dienone is 1. The third-order valence-electron chi connectivity index (χ3n) is 1.09. The molecule has 6 heteroatoms. The number of oxime groups is 1. The van der Waals surface area contributed by atoms with Crippen LogP contribution in [0.3, 0.4) is 0 Å². The predicted molar refractivity (Wildman–Crippen MR) is 58.8 cm³/mol. The molecular formula is C8H18N2O3S. The van der Waals surface area contributed by atoms with Crippen LogP contribution in [0.1, 0.15) is 13.8 Å². The maximum Gasteiger partial charge on any atom is 0.217 e. The quantitative estimate of drug-likeness (QED) is 0.551. The Bertz CT molecular complexity index is 270. The first-order valence-electron chi connectivity index (χ1n) is 4.19. The molecule has 0 amide bonds. The Labute approximate surface area is 85.9 Å². The molecule has 0 aliphatic carbocycles. The van der Waals surface area contributed by atoms with Crippen molar-refractivity contribution in [3.05, 3.63) is 12.7 Å². The smallest absolute Gasteiger partial charge is 0.217 e. The van der Waals surface area contributed by atoms with Crippen LogP contribution in [0.25, 0.3) is 0 Å². The van der Waals surface area contributed by atoms with E-state index in [1.54, 1.807) is 0 Å². The SMILES string of the molecule is C=C/C(CS(=O)(=O)NC)=N\OC.CC. The van der Waals surface area contributed by atoms with Crippen LogP contribution in [0, 0.1) is 0 Å². The second-order valence-electron chi connectivity index (χ2n) is 1.93. The summed E-state index contributed by atoms with van der Waals surface area (Å²) in [5.74, 6) is -0.221. The molecule has 14 heavy (non-hydrogen) atoms. The number of hydrogen-bond donors (Lipinski definition) is 1. The van der Waals surface area contributed by atoms with E-state index in [9.17, 15) is 8.42 Å². The van der Waals surface area contributed by atoms with Crippen molar-refractivity contribution in [1.29, 1.82) is 0 Å². The normalized spacial score (nSPS) is 11.3. The molecule has 5 nitrogen and oxygen atoms in total. The summed E-state index contributed by atoms with van der Waals surface area (Å²) in [5, 5.41) is 3.46. The van der Waals surface area contributed by atoms with Gasteiger partial charge in [-0.15, -0.1) is 0 Å². The Morgan fingerprint density at radius 1 is 1.57 bits per heavy atom. The van der Waals surface area contributed by atoms with Crippen LogP contribution < -0.4 is 4.72 Å². The van der Waals surface area contributed by atoms with Gasteiger partial charge in [0, 0.05) is 0 Å². The maximum absolute atomic E-state index is 10.9. The minimum Gasteiger partial charge on any atom is -0.399 e. The largest absolute Gasteiger partial charge is 0.399 e. The summed E-state index contributed by atoms with van der Waals surface area (Å²) in [6, 6.07) is 0. The average Bonchev–Trinajstić information content (AvgIpc) is 2.20. The summed E-state index contributed by atoms with van der Waals surface area (Å²) >= 11 is 0. The van der Waals surface area contributed by atoms with Gasteiger partial charge in [-0.25, -0.2) is 13.1 Å². The van der Waals surface area contributed by atoms with Gasteiger partial charge < -0.3 is 4.84 Å². The molecule has 0 aliphatic heterocycles. The van der Waals surface area contributed by atoms with E-state index in [-0.39, 0.29) is 11.5 Å². The van der Waals surface area contributed by atoms with Gasteiger partial charge in [0.15, 0.2) is 0 Å². The molecule has 0 spiro atoms. The molecule has 1 N–H and O–H groups in total. The Balaban J connectivity index is 0. The van der Waals surface area contributed by atoms with Crippen LogP contribution in [0.15, 0.2) is 17.8 Å². The molecule has 84 valence electrons. The Morgan fingerprint density at radius 3 is 2.36 bits per heavy atom. The highest BCUT2D eigenvalue weighted by atomic mass is 32.2. The fraction of sp³-hybridized carbons (Fsp3) is 0.625. The molecule has 0 aromatic rings. The zero-order chi connectivity index (χ0) is 11.6. The van der Waals surface area contributed by atoms with Crippen molar-refractivity contribution in [2.24, 2.45) is 5.16 Å². The lowest BCUT2D eigenvalue weighted by atomic mass is 10.4. The van der Waals surface area contributed by atoms with Gasteiger partial charge in [-0.1, -0.05) is 25.6 Å². The highest BCUT2D eigenvalue weighted by molar-refractivity contribution is 7.90. The molecule has 0 aromatic heterocycles. The molecule has 0 atom stereocenters. The number of hydrogen-bond acceptors (Lipinski definition) is 4. The molecule has 0 rings (SSSR count). The predicted octanol–water partition coefficient (Wildman–Crippen LogP) is 0.750. The van der Waals surface area contributed by atoms with Gasteiger partial charge in [-0.3, -0.25) is 0 Å². The van der Waals surface area contributed by atoms with Gasteiger partial charge in [0.1, 0.15) is 12.9 Å². The number of nitrogens with zero attached hydrogens (tertiary/aromatic N) is 1. The molecule has 0 unspecified atom stereocenters. The minimum atomic E-state index is -3.29. The second-order valence-corrected chi connectivity index (χ2v) is 3.86. The summed E-state index contributed by atoms with van der Waals surface area (Å²) in [4.78, 5) is 4.41. The summed E-state index contributed by atoms with van der Waals surface area (Å²) in [6.07, 6.45) is 1.33. The van der Waals surface area contributed by atoms with Crippen LogP contribution in [0.4, 0.5) is 0 Å².